The summed E-state index contributed by atoms with van der Waals surface area (Å²) in [5.74, 6) is 0.514. The number of carbonyl (C=O) groups excluding carboxylic acids is 1. The van der Waals surface area contributed by atoms with Crippen LogP contribution < -0.4 is 4.74 Å². The van der Waals surface area contributed by atoms with Gasteiger partial charge in [0.2, 0.25) is 0 Å². The van der Waals surface area contributed by atoms with Crippen molar-refractivity contribution < 1.29 is 9.53 Å². The highest BCUT2D eigenvalue weighted by Crippen LogP contribution is 2.14. The van der Waals surface area contributed by atoms with Gasteiger partial charge in [0.25, 0.3) is 0 Å². The molecule has 0 amide bonds. The lowest BCUT2D eigenvalue weighted by atomic mass is 10.3. The van der Waals surface area contributed by atoms with Gasteiger partial charge in [-0.25, -0.2) is 14.3 Å². The molecule has 2 aromatic carbocycles. The summed E-state index contributed by atoms with van der Waals surface area (Å²) in [6.07, 6.45) is 1.01. The molecule has 1 heterocycles. The zero-order valence-electron chi connectivity index (χ0n) is 9.48. The number of hydrogen-bond donors (Lipinski definition) is 0. The van der Waals surface area contributed by atoms with Crippen LogP contribution in [0, 0.1) is 0 Å². The van der Waals surface area contributed by atoms with Crippen LogP contribution in [0.15, 0.2) is 60.9 Å². The number of nitrogens with zero attached hydrogens (tertiary/aromatic N) is 2. The minimum absolute atomic E-state index is 0.463. The summed E-state index contributed by atoms with van der Waals surface area (Å²) in [7, 11) is 0. The van der Waals surface area contributed by atoms with Crippen molar-refractivity contribution in [2.24, 2.45) is 0 Å². The van der Waals surface area contributed by atoms with Gasteiger partial charge in [-0.05, 0) is 24.3 Å². The number of fused-ring (bicyclic) bond motifs is 1. The minimum atomic E-state index is -0.463. The smallest absolute Gasteiger partial charge is 0.410 e. The topological polar surface area (TPSA) is 44.1 Å². The van der Waals surface area contributed by atoms with Gasteiger partial charge < -0.3 is 4.74 Å². The van der Waals surface area contributed by atoms with Crippen molar-refractivity contribution in [2.45, 2.75) is 0 Å². The third-order valence-electron chi connectivity index (χ3n) is 2.60. The summed E-state index contributed by atoms with van der Waals surface area (Å²) in [4.78, 5) is 16.1. The second-order valence-electron chi connectivity index (χ2n) is 3.78. The third-order valence-corrected chi connectivity index (χ3v) is 2.60. The zero-order valence-corrected chi connectivity index (χ0v) is 9.48. The average Bonchev–Trinajstić information content (AvgIpc) is 2.84. The van der Waals surface area contributed by atoms with Gasteiger partial charge in [0.15, 0.2) is 0 Å². The first-order valence-electron chi connectivity index (χ1n) is 5.54. The molecule has 0 radical (unpaired) electrons. The summed E-state index contributed by atoms with van der Waals surface area (Å²) in [5, 5.41) is 0. The Balaban J connectivity index is 1.93. The molecule has 0 saturated heterocycles. The Morgan fingerprint density at radius 2 is 1.72 bits per heavy atom. The number of para-hydroxylation sites is 3. The molecule has 0 aliphatic heterocycles. The van der Waals surface area contributed by atoms with E-state index in [1.807, 2.05) is 42.5 Å². The normalized spacial score (nSPS) is 10.4. The first kappa shape index (κ1) is 10.5. The van der Waals surface area contributed by atoms with Gasteiger partial charge in [0, 0.05) is 0 Å². The second kappa shape index (κ2) is 4.33. The first-order chi connectivity index (χ1) is 8.84. The number of carbonyl (C=O) groups is 1. The Morgan fingerprint density at radius 3 is 2.56 bits per heavy atom. The molecule has 0 atom stereocenters. The van der Waals surface area contributed by atoms with Crippen LogP contribution in [0.4, 0.5) is 4.79 Å². The van der Waals surface area contributed by atoms with E-state index in [1.54, 1.807) is 12.1 Å². The highest BCUT2D eigenvalue weighted by atomic mass is 16.6. The molecule has 0 aliphatic carbocycles. The maximum absolute atomic E-state index is 12.0. The maximum Gasteiger partial charge on any atom is 0.425 e. The highest BCUT2D eigenvalue weighted by Gasteiger charge is 2.11. The Bertz CT molecular complexity index is 689. The summed E-state index contributed by atoms with van der Waals surface area (Å²) >= 11 is 0. The van der Waals surface area contributed by atoms with Gasteiger partial charge in [-0.2, -0.15) is 0 Å². The van der Waals surface area contributed by atoms with Crippen LogP contribution in [-0.4, -0.2) is 15.6 Å². The molecule has 3 rings (SSSR count). The average molecular weight is 238 g/mol. The van der Waals surface area contributed by atoms with Crippen LogP contribution in [-0.2, 0) is 0 Å². The van der Waals surface area contributed by atoms with Gasteiger partial charge in [0.1, 0.15) is 12.1 Å². The fraction of sp³-hybridized carbons (Fsp3) is 0. The number of hydrogen-bond acceptors (Lipinski definition) is 3. The predicted molar refractivity (Wildman–Crippen MR) is 67.6 cm³/mol. The number of rotatable bonds is 1. The van der Waals surface area contributed by atoms with E-state index >= 15 is 0 Å². The quantitative estimate of drug-likeness (QED) is 0.654. The van der Waals surface area contributed by atoms with E-state index in [0.29, 0.717) is 5.75 Å². The summed E-state index contributed by atoms with van der Waals surface area (Å²) in [6.45, 7) is 0. The molecule has 0 bridgehead atoms. The molecule has 3 aromatic rings. The van der Waals surface area contributed by atoms with Crippen molar-refractivity contribution >= 4 is 17.1 Å². The fourth-order valence-corrected chi connectivity index (χ4v) is 1.74. The molecule has 4 nitrogen and oxygen atoms in total. The van der Waals surface area contributed by atoms with E-state index in [1.165, 1.54) is 10.9 Å². The summed E-state index contributed by atoms with van der Waals surface area (Å²) in [5.41, 5.74) is 1.50. The number of aromatic nitrogens is 2. The SMILES string of the molecule is O=C(Oc1ccccc1)n1cnc2ccccc21. The summed E-state index contributed by atoms with van der Waals surface area (Å²) < 4.78 is 6.64. The Hall–Kier alpha value is -2.62. The molecule has 1 aromatic heterocycles. The molecular formula is C14H10N2O2. The van der Waals surface area contributed by atoms with Crippen molar-refractivity contribution in [1.82, 2.24) is 9.55 Å². The van der Waals surface area contributed by atoms with Crippen molar-refractivity contribution in [3.05, 3.63) is 60.9 Å². The van der Waals surface area contributed by atoms with Gasteiger partial charge in [-0.15, -0.1) is 0 Å². The van der Waals surface area contributed by atoms with Crippen LogP contribution in [0.25, 0.3) is 11.0 Å². The third kappa shape index (κ3) is 1.84. The van der Waals surface area contributed by atoms with Crippen molar-refractivity contribution in [3.63, 3.8) is 0 Å². The highest BCUT2D eigenvalue weighted by molar-refractivity contribution is 5.87. The van der Waals surface area contributed by atoms with E-state index in [2.05, 4.69) is 4.98 Å². The first-order valence-corrected chi connectivity index (χ1v) is 5.54. The zero-order chi connectivity index (χ0) is 12.4. The van der Waals surface area contributed by atoms with Crippen LogP contribution in [0.3, 0.4) is 0 Å². The van der Waals surface area contributed by atoms with Crippen molar-refractivity contribution in [2.75, 3.05) is 0 Å². The van der Waals surface area contributed by atoms with E-state index in [-0.39, 0.29) is 0 Å². The lowest BCUT2D eigenvalue weighted by Gasteiger charge is -2.04. The van der Waals surface area contributed by atoms with Gasteiger partial charge in [-0.3, -0.25) is 0 Å². The minimum Gasteiger partial charge on any atom is -0.410 e. The van der Waals surface area contributed by atoms with E-state index in [0.717, 1.165) is 11.0 Å². The van der Waals surface area contributed by atoms with Crippen molar-refractivity contribution in [3.8, 4) is 5.75 Å². The van der Waals surface area contributed by atoms with Gasteiger partial charge >= 0.3 is 6.09 Å². The van der Waals surface area contributed by atoms with Crippen LogP contribution in [0.2, 0.25) is 0 Å². The largest absolute Gasteiger partial charge is 0.425 e. The molecule has 0 saturated carbocycles. The van der Waals surface area contributed by atoms with Gasteiger partial charge in [0.05, 0.1) is 11.0 Å². The van der Waals surface area contributed by atoms with Crippen LogP contribution in [0.5, 0.6) is 5.75 Å². The monoisotopic (exact) mass is 238 g/mol. The second-order valence-corrected chi connectivity index (χ2v) is 3.78. The molecule has 88 valence electrons. The van der Waals surface area contributed by atoms with Crippen LogP contribution in [0.1, 0.15) is 0 Å². The van der Waals surface area contributed by atoms with Gasteiger partial charge in [-0.1, -0.05) is 30.3 Å². The van der Waals surface area contributed by atoms with Crippen molar-refractivity contribution in [1.29, 1.82) is 0 Å². The standard InChI is InChI=1S/C14H10N2O2/c17-14(18-11-6-2-1-3-7-11)16-10-15-12-8-4-5-9-13(12)16/h1-10H. The number of benzene rings is 2. The Labute approximate surface area is 103 Å². The Kier molecular flexibility index (Phi) is 2.53. The van der Waals surface area contributed by atoms with E-state index in [9.17, 15) is 4.79 Å². The molecule has 18 heavy (non-hydrogen) atoms. The predicted octanol–water partition coefficient (Wildman–Crippen LogP) is 3.08. The summed E-state index contributed by atoms with van der Waals surface area (Å²) in [6, 6.07) is 16.4. The maximum atomic E-state index is 12.0. The molecule has 0 fully saturated rings. The lowest BCUT2D eigenvalue weighted by Crippen LogP contribution is -2.15. The lowest BCUT2D eigenvalue weighted by molar-refractivity contribution is 0.203. The molecular weight excluding hydrogens is 228 g/mol. The molecule has 0 N–H and O–H groups in total. The van der Waals surface area contributed by atoms with E-state index in [4.69, 9.17) is 4.74 Å². The van der Waals surface area contributed by atoms with Crippen LogP contribution >= 0.6 is 0 Å². The molecule has 0 unspecified atom stereocenters. The Morgan fingerprint density at radius 1 is 1.00 bits per heavy atom. The van der Waals surface area contributed by atoms with E-state index < -0.39 is 6.09 Å². The number of ether oxygens (including phenoxy) is 1. The molecule has 4 heteroatoms. The fourth-order valence-electron chi connectivity index (χ4n) is 1.74. The number of imidazole rings is 1. The molecule has 0 aliphatic rings. The molecule has 0 spiro atoms.